The monoisotopic (exact) mass is 340 g/mol. The first kappa shape index (κ1) is 17.9. The van der Waals surface area contributed by atoms with Crippen molar-refractivity contribution in [2.45, 2.75) is 50.1 Å². The molecule has 1 aliphatic rings. The van der Waals surface area contributed by atoms with E-state index in [0.717, 1.165) is 19.4 Å². The van der Waals surface area contributed by atoms with E-state index in [0.29, 0.717) is 12.6 Å². The summed E-state index contributed by atoms with van der Waals surface area (Å²) in [4.78, 5) is 13.3. The van der Waals surface area contributed by atoms with Crippen molar-refractivity contribution < 1.29 is 18.3 Å². The van der Waals surface area contributed by atoms with E-state index < -0.39 is 16.0 Å². The van der Waals surface area contributed by atoms with Crippen LogP contribution in [0.5, 0.6) is 0 Å². The second-order valence-corrected chi connectivity index (χ2v) is 7.88. The minimum Gasteiger partial charge on any atom is -0.478 e. The second-order valence-electron chi connectivity index (χ2n) is 6.12. The molecule has 7 heteroatoms. The highest BCUT2D eigenvalue weighted by atomic mass is 32.2. The molecule has 1 aromatic rings. The highest BCUT2D eigenvalue weighted by Crippen LogP contribution is 2.19. The molecule has 23 heavy (non-hydrogen) atoms. The Labute approximate surface area is 137 Å². The van der Waals surface area contributed by atoms with E-state index in [1.807, 2.05) is 6.92 Å². The van der Waals surface area contributed by atoms with Crippen LogP contribution in [-0.2, 0) is 10.0 Å². The van der Waals surface area contributed by atoms with Gasteiger partial charge in [0.25, 0.3) is 0 Å². The maximum atomic E-state index is 12.4. The van der Waals surface area contributed by atoms with Crippen LogP contribution in [0.2, 0.25) is 0 Å². The van der Waals surface area contributed by atoms with Crippen LogP contribution >= 0.6 is 0 Å². The van der Waals surface area contributed by atoms with E-state index in [2.05, 4.69) is 16.5 Å². The molecule has 0 unspecified atom stereocenters. The summed E-state index contributed by atoms with van der Waals surface area (Å²) in [6.45, 7) is 5.47. The number of aromatic carboxylic acids is 1. The van der Waals surface area contributed by atoms with Crippen LogP contribution < -0.4 is 4.72 Å². The molecule has 0 radical (unpaired) electrons. The highest BCUT2D eigenvalue weighted by Gasteiger charge is 2.24. The van der Waals surface area contributed by atoms with E-state index in [1.165, 1.54) is 30.7 Å². The van der Waals surface area contributed by atoms with Gasteiger partial charge < -0.3 is 5.11 Å². The first-order valence-corrected chi connectivity index (χ1v) is 9.38. The molecule has 128 valence electrons. The third kappa shape index (κ3) is 4.53. The largest absolute Gasteiger partial charge is 0.478 e. The van der Waals surface area contributed by atoms with Gasteiger partial charge in [0.1, 0.15) is 0 Å². The van der Waals surface area contributed by atoms with Gasteiger partial charge in [0.05, 0.1) is 10.5 Å². The van der Waals surface area contributed by atoms with Gasteiger partial charge in [-0.15, -0.1) is 0 Å². The number of carboxylic acids is 1. The van der Waals surface area contributed by atoms with Gasteiger partial charge in [-0.05, 0) is 51.4 Å². The summed E-state index contributed by atoms with van der Waals surface area (Å²) in [5, 5.41) is 8.97. The number of likely N-dealkylation sites (tertiary alicyclic amines) is 1. The summed E-state index contributed by atoms with van der Waals surface area (Å²) in [6, 6.07) is 5.95. The number of nitrogens with zero attached hydrogens (tertiary/aromatic N) is 1. The Morgan fingerprint density at radius 3 is 2.83 bits per heavy atom. The lowest BCUT2D eigenvalue weighted by Crippen LogP contribution is -2.48. The van der Waals surface area contributed by atoms with E-state index in [-0.39, 0.29) is 16.5 Å². The SMILES string of the molecule is C[C@@H]1CCCCN1[C@H](C)CNS(=O)(=O)c1cccc(C(=O)O)c1. The molecule has 2 atom stereocenters. The van der Waals surface area contributed by atoms with E-state index >= 15 is 0 Å². The Balaban J connectivity index is 2.03. The van der Waals surface area contributed by atoms with Crippen LogP contribution in [0.15, 0.2) is 29.2 Å². The van der Waals surface area contributed by atoms with Gasteiger partial charge >= 0.3 is 5.97 Å². The second kappa shape index (κ2) is 7.42. The van der Waals surface area contributed by atoms with Crippen LogP contribution in [0.1, 0.15) is 43.5 Å². The molecule has 0 bridgehead atoms. The van der Waals surface area contributed by atoms with Gasteiger partial charge in [0.2, 0.25) is 10.0 Å². The van der Waals surface area contributed by atoms with Crippen molar-refractivity contribution >= 4 is 16.0 Å². The van der Waals surface area contributed by atoms with Gasteiger partial charge in [-0.25, -0.2) is 17.9 Å². The van der Waals surface area contributed by atoms with Gasteiger partial charge in [0.15, 0.2) is 0 Å². The first-order chi connectivity index (χ1) is 10.8. The summed E-state index contributed by atoms with van der Waals surface area (Å²) >= 11 is 0. The minimum absolute atomic E-state index is 0.0173. The number of piperidine rings is 1. The standard InChI is InChI=1S/C16H24N2O4S/c1-12-6-3-4-9-18(12)13(2)11-17-23(21,22)15-8-5-7-14(10-15)16(19)20/h5,7-8,10,12-13,17H,3-4,6,9,11H2,1-2H3,(H,19,20)/t12-,13-/m1/s1. The molecule has 1 aromatic carbocycles. The molecule has 0 aliphatic carbocycles. The zero-order chi connectivity index (χ0) is 17.0. The molecular weight excluding hydrogens is 316 g/mol. The quantitative estimate of drug-likeness (QED) is 0.826. The molecule has 0 saturated carbocycles. The number of nitrogens with one attached hydrogen (secondary N) is 1. The van der Waals surface area contributed by atoms with Crippen LogP contribution in [0.25, 0.3) is 0 Å². The third-order valence-corrected chi connectivity index (χ3v) is 5.80. The summed E-state index contributed by atoms with van der Waals surface area (Å²) in [6.07, 6.45) is 3.50. The number of carboxylic acid groups (broad SMARTS) is 1. The Morgan fingerprint density at radius 2 is 2.17 bits per heavy atom. The summed E-state index contributed by atoms with van der Waals surface area (Å²) < 4.78 is 27.3. The molecule has 0 spiro atoms. The van der Waals surface area contributed by atoms with Crippen LogP contribution in [-0.4, -0.2) is 49.6 Å². The molecule has 1 heterocycles. The van der Waals surface area contributed by atoms with Crippen molar-refractivity contribution in [3.8, 4) is 0 Å². The lowest BCUT2D eigenvalue weighted by molar-refractivity contribution is 0.0696. The predicted octanol–water partition coefficient (Wildman–Crippen LogP) is 1.93. The molecule has 1 saturated heterocycles. The zero-order valence-electron chi connectivity index (χ0n) is 13.5. The predicted molar refractivity (Wildman–Crippen MR) is 88.1 cm³/mol. The number of carbonyl (C=O) groups is 1. The fourth-order valence-corrected chi connectivity index (χ4v) is 4.17. The topological polar surface area (TPSA) is 86.7 Å². The van der Waals surface area contributed by atoms with Crippen LogP contribution in [0.3, 0.4) is 0 Å². The molecule has 6 nitrogen and oxygen atoms in total. The van der Waals surface area contributed by atoms with Crippen molar-refractivity contribution in [2.24, 2.45) is 0 Å². The van der Waals surface area contributed by atoms with Gasteiger partial charge in [-0.1, -0.05) is 12.5 Å². The van der Waals surface area contributed by atoms with Crippen molar-refractivity contribution in [3.63, 3.8) is 0 Å². The molecular formula is C16H24N2O4S. The van der Waals surface area contributed by atoms with Gasteiger partial charge in [-0.3, -0.25) is 4.90 Å². The Morgan fingerprint density at radius 1 is 1.43 bits per heavy atom. The number of hydrogen-bond donors (Lipinski definition) is 2. The zero-order valence-corrected chi connectivity index (χ0v) is 14.3. The number of rotatable bonds is 6. The van der Waals surface area contributed by atoms with Crippen molar-refractivity contribution in [3.05, 3.63) is 29.8 Å². The average molecular weight is 340 g/mol. The van der Waals surface area contributed by atoms with Gasteiger partial charge in [-0.2, -0.15) is 0 Å². The van der Waals surface area contributed by atoms with Gasteiger partial charge in [0, 0.05) is 18.6 Å². The number of hydrogen-bond acceptors (Lipinski definition) is 4. The van der Waals surface area contributed by atoms with E-state index in [9.17, 15) is 13.2 Å². The summed E-state index contributed by atoms with van der Waals surface area (Å²) in [5.41, 5.74) is -0.0365. The average Bonchev–Trinajstić information content (AvgIpc) is 2.53. The first-order valence-electron chi connectivity index (χ1n) is 7.90. The summed E-state index contributed by atoms with van der Waals surface area (Å²) in [7, 11) is -3.71. The minimum atomic E-state index is -3.71. The van der Waals surface area contributed by atoms with Crippen molar-refractivity contribution in [2.75, 3.05) is 13.1 Å². The fraction of sp³-hybridized carbons (Fsp3) is 0.562. The molecule has 1 fully saturated rings. The smallest absolute Gasteiger partial charge is 0.335 e. The highest BCUT2D eigenvalue weighted by molar-refractivity contribution is 7.89. The fourth-order valence-electron chi connectivity index (χ4n) is 3.00. The van der Waals surface area contributed by atoms with Crippen molar-refractivity contribution in [1.29, 1.82) is 0 Å². The Hall–Kier alpha value is -1.44. The maximum Gasteiger partial charge on any atom is 0.335 e. The maximum absolute atomic E-state index is 12.4. The molecule has 2 N–H and O–H groups in total. The molecule has 0 aromatic heterocycles. The number of sulfonamides is 1. The van der Waals surface area contributed by atoms with Crippen LogP contribution in [0, 0.1) is 0 Å². The third-order valence-electron chi connectivity index (χ3n) is 4.38. The lowest BCUT2D eigenvalue weighted by atomic mass is 10.0. The Bertz CT molecular complexity index is 660. The number of benzene rings is 1. The van der Waals surface area contributed by atoms with E-state index in [4.69, 9.17) is 5.11 Å². The molecule has 2 rings (SSSR count). The molecule has 0 amide bonds. The van der Waals surface area contributed by atoms with Crippen LogP contribution in [0.4, 0.5) is 0 Å². The van der Waals surface area contributed by atoms with E-state index in [1.54, 1.807) is 0 Å². The molecule has 1 aliphatic heterocycles. The normalized spacial score (nSPS) is 21.0. The lowest BCUT2D eigenvalue weighted by Gasteiger charge is -2.38. The Kier molecular flexibility index (Phi) is 5.78. The van der Waals surface area contributed by atoms with Crippen molar-refractivity contribution in [1.82, 2.24) is 9.62 Å². The summed E-state index contributed by atoms with van der Waals surface area (Å²) in [5.74, 6) is -1.14.